The Labute approximate surface area is 188 Å². The number of rotatable bonds is 2. The first kappa shape index (κ1) is 20.4. The second-order valence-corrected chi connectivity index (χ2v) is 10.3. The van der Waals surface area contributed by atoms with Gasteiger partial charge in [0.2, 0.25) is 0 Å². The van der Waals surface area contributed by atoms with E-state index in [2.05, 4.69) is 97.0 Å². The van der Waals surface area contributed by atoms with Gasteiger partial charge in [0, 0.05) is 34.6 Å². The molecule has 0 saturated heterocycles. The third kappa shape index (κ3) is 3.27. The molecule has 0 aliphatic rings. The molecule has 0 bridgehead atoms. The highest BCUT2D eigenvalue weighted by Crippen LogP contribution is 2.32. The first-order valence-corrected chi connectivity index (χ1v) is 10.9. The van der Waals surface area contributed by atoms with Crippen LogP contribution in [0.3, 0.4) is 0 Å². The van der Waals surface area contributed by atoms with Crippen LogP contribution in [0.4, 0.5) is 0 Å². The van der Waals surface area contributed by atoms with Crippen LogP contribution in [0, 0.1) is 0 Å². The fourth-order valence-electron chi connectivity index (χ4n) is 4.13. The minimum absolute atomic E-state index is 0.140. The summed E-state index contributed by atoms with van der Waals surface area (Å²) in [4.78, 5) is 18.8. The van der Waals surface area contributed by atoms with Gasteiger partial charge in [0.1, 0.15) is 11.6 Å². The van der Waals surface area contributed by atoms with Crippen molar-refractivity contribution in [2.75, 3.05) is 0 Å². The number of imidazole rings is 2. The highest BCUT2D eigenvalue weighted by atomic mass is 15.1. The Morgan fingerprint density at radius 3 is 1.44 bits per heavy atom. The molecule has 0 fully saturated rings. The van der Waals surface area contributed by atoms with E-state index in [0.29, 0.717) is 0 Å². The lowest BCUT2D eigenvalue weighted by Gasteiger charge is -2.22. The molecule has 1 aromatic carbocycles. The molecule has 0 N–H and O–H groups in total. The third-order valence-electron chi connectivity index (χ3n) is 5.55. The lowest BCUT2D eigenvalue weighted by Crippen LogP contribution is -2.19. The van der Waals surface area contributed by atoms with E-state index in [0.717, 1.165) is 45.4 Å². The van der Waals surface area contributed by atoms with Gasteiger partial charge in [-0.1, -0.05) is 47.6 Å². The van der Waals surface area contributed by atoms with Crippen LogP contribution < -0.4 is 0 Å². The summed E-state index contributed by atoms with van der Waals surface area (Å²) in [5.74, 6) is 1.97. The Morgan fingerprint density at radius 2 is 1.03 bits per heavy atom. The van der Waals surface area contributed by atoms with Crippen molar-refractivity contribution >= 4 is 22.3 Å². The second kappa shape index (κ2) is 6.99. The van der Waals surface area contributed by atoms with Gasteiger partial charge in [-0.25, -0.2) is 19.9 Å². The van der Waals surface area contributed by atoms with Crippen molar-refractivity contribution in [1.82, 2.24) is 29.1 Å². The Hall–Kier alpha value is -3.54. The quantitative estimate of drug-likeness (QED) is 0.362. The molecule has 5 aromatic rings. The Bertz CT molecular complexity index is 1340. The number of benzene rings is 1. The number of hydrogen-bond acceptors (Lipinski definition) is 4. The summed E-state index contributed by atoms with van der Waals surface area (Å²) in [6.07, 6.45) is 3.59. The monoisotopic (exact) mass is 424 g/mol. The molecule has 162 valence electrons. The van der Waals surface area contributed by atoms with Crippen molar-refractivity contribution in [3.05, 3.63) is 72.6 Å². The van der Waals surface area contributed by atoms with E-state index in [1.807, 2.05) is 12.1 Å². The smallest absolute Gasteiger partial charge is 0.178 e. The van der Waals surface area contributed by atoms with E-state index in [9.17, 15) is 0 Å². The highest BCUT2D eigenvalue weighted by molar-refractivity contribution is 5.77. The van der Waals surface area contributed by atoms with Gasteiger partial charge in [-0.05, 0) is 42.5 Å². The Morgan fingerprint density at radius 1 is 0.594 bits per heavy atom. The molecule has 0 atom stereocenters. The summed E-state index contributed by atoms with van der Waals surface area (Å²) in [7, 11) is 0. The average molecular weight is 425 g/mol. The zero-order chi connectivity index (χ0) is 22.7. The van der Waals surface area contributed by atoms with Crippen molar-refractivity contribution in [3.63, 3.8) is 0 Å². The fraction of sp³-hybridized carbons (Fsp3) is 0.308. The molecular formula is C26H28N6. The average Bonchev–Trinajstić information content (AvgIpc) is 3.33. The van der Waals surface area contributed by atoms with Crippen LogP contribution in [0.1, 0.15) is 53.2 Å². The molecule has 0 saturated carbocycles. The molecule has 0 spiro atoms. The summed E-state index contributed by atoms with van der Waals surface area (Å²) in [5, 5.41) is 0. The number of nitrogens with zero attached hydrogens (tertiary/aromatic N) is 6. The third-order valence-corrected chi connectivity index (χ3v) is 5.55. The Kier molecular flexibility index (Phi) is 4.45. The predicted octanol–water partition coefficient (Wildman–Crippen LogP) is 5.75. The fourth-order valence-corrected chi connectivity index (χ4v) is 4.13. The van der Waals surface area contributed by atoms with Crippen molar-refractivity contribution < 1.29 is 0 Å². The predicted molar refractivity (Wildman–Crippen MR) is 129 cm³/mol. The summed E-state index contributed by atoms with van der Waals surface area (Å²) in [6, 6.07) is 16.6. The molecule has 5 rings (SSSR count). The molecule has 0 unspecified atom stereocenters. The summed E-state index contributed by atoms with van der Waals surface area (Å²) in [5.41, 5.74) is 5.34. The second-order valence-electron chi connectivity index (χ2n) is 10.3. The van der Waals surface area contributed by atoms with Crippen LogP contribution in [0.25, 0.3) is 33.7 Å². The van der Waals surface area contributed by atoms with Crippen LogP contribution in [0.2, 0.25) is 0 Å². The van der Waals surface area contributed by atoms with Gasteiger partial charge >= 0.3 is 0 Å². The van der Waals surface area contributed by atoms with E-state index in [1.165, 1.54) is 0 Å². The van der Waals surface area contributed by atoms with Gasteiger partial charge in [0.25, 0.3) is 0 Å². The number of pyridine rings is 2. The van der Waals surface area contributed by atoms with Gasteiger partial charge in [-0.2, -0.15) is 0 Å². The van der Waals surface area contributed by atoms with Crippen LogP contribution in [0.15, 0.2) is 60.9 Å². The van der Waals surface area contributed by atoms with Crippen molar-refractivity contribution in [2.45, 2.75) is 52.4 Å². The lowest BCUT2D eigenvalue weighted by molar-refractivity contribution is 0.537. The molecule has 0 aliphatic carbocycles. The van der Waals surface area contributed by atoms with Crippen molar-refractivity contribution in [2.24, 2.45) is 0 Å². The zero-order valence-corrected chi connectivity index (χ0v) is 19.5. The van der Waals surface area contributed by atoms with E-state index < -0.39 is 0 Å². The first-order chi connectivity index (χ1) is 15.1. The molecule has 6 nitrogen and oxygen atoms in total. The molecule has 0 amide bonds. The van der Waals surface area contributed by atoms with Crippen LogP contribution in [-0.2, 0) is 10.8 Å². The topological polar surface area (TPSA) is 61.4 Å². The highest BCUT2D eigenvalue weighted by Gasteiger charge is 2.26. The molecule has 4 aromatic heterocycles. The molecule has 6 heteroatoms. The van der Waals surface area contributed by atoms with Gasteiger partial charge < -0.3 is 0 Å². The molecular weight excluding hydrogens is 396 g/mol. The maximum atomic E-state index is 4.88. The molecule has 32 heavy (non-hydrogen) atoms. The van der Waals surface area contributed by atoms with Gasteiger partial charge in [0.15, 0.2) is 11.3 Å². The van der Waals surface area contributed by atoms with E-state index >= 15 is 0 Å². The molecule has 4 heterocycles. The van der Waals surface area contributed by atoms with Crippen molar-refractivity contribution in [3.8, 4) is 11.4 Å². The van der Waals surface area contributed by atoms with E-state index in [1.54, 1.807) is 12.4 Å². The summed E-state index contributed by atoms with van der Waals surface area (Å²) < 4.78 is 4.44. The van der Waals surface area contributed by atoms with Gasteiger partial charge in [0.05, 0.1) is 11.0 Å². The molecule has 0 aliphatic heterocycles. The van der Waals surface area contributed by atoms with Gasteiger partial charge in [-0.3, -0.25) is 9.13 Å². The minimum Gasteiger partial charge on any atom is -0.294 e. The Balaban J connectivity index is 1.79. The number of aromatic nitrogens is 6. The number of hydrogen-bond donors (Lipinski definition) is 0. The normalized spacial score (nSPS) is 12.7. The standard InChI is InChI=1S/C26H28N6/c1-25(2,3)23-29-21-19(12-8-14-27-21)31(23)17-10-7-11-18(16-17)32-20-13-9-15-28-22(20)30-24(32)26(4,5)6/h7-16H,1-6H3. The van der Waals surface area contributed by atoms with Crippen molar-refractivity contribution in [1.29, 1.82) is 0 Å². The molecule has 0 radical (unpaired) electrons. The first-order valence-electron chi connectivity index (χ1n) is 10.9. The van der Waals surface area contributed by atoms with Crippen LogP contribution in [0.5, 0.6) is 0 Å². The van der Waals surface area contributed by atoms with E-state index in [-0.39, 0.29) is 10.8 Å². The zero-order valence-electron chi connectivity index (χ0n) is 19.5. The maximum Gasteiger partial charge on any atom is 0.178 e. The SMILES string of the molecule is CC(C)(C)c1nc2ncccc2n1-c1cccc(-n2c(C(C)(C)C)nc3ncccc32)c1. The number of fused-ring (bicyclic) bond motifs is 2. The largest absolute Gasteiger partial charge is 0.294 e. The minimum atomic E-state index is -0.140. The van der Waals surface area contributed by atoms with Crippen LogP contribution in [-0.4, -0.2) is 29.1 Å². The van der Waals surface area contributed by atoms with Crippen LogP contribution >= 0.6 is 0 Å². The van der Waals surface area contributed by atoms with E-state index in [4.69, 9.17) is 9.97 Å². The summed E-state index contributed by atoms with van der Waals surface area (Å²) in [6.45, 7) is 13.1. The lowest BCUT2D eigenvalue weighted by atomic mass is 9.95. The maximum absolute atomic E-state index is 4.88. The summed E-state index contributed by atoms with van der Waals surface area (Å²) >= 11 is 0. The van der Waals surface area contributed by atoms with Gasteiger partial charge in [-0.15, -0.1) is 0 Å².